The lowest BCUT2D eigenvalue weighted by atomic mass is 9.97. The smallest absolute Gasteiger partial charge is 0.344 e. The number of aromatic hydroxyl groups is 1. The van der Waals surface area contributed by atoms with Gasteiger partial charge in [-0.1, -0.05) is 44.2 Å². The van der Waals surface area contributed by atoms with Crippen molar-refractivity contribution in [3.63, 3.8) is 0 Å². The third-order valence-electron chi connectivity index (χ3n) is 4.40. The molecule has 0 aliphatic heterocycles. The lowest BCUT2D eigenvalue weighted by Crippen LogP contribution is -2.01. The molecule has 1 aromatic heterocycles. The van der Waals surface area contributed by atoms with E-state index in [0.717, 1.165) is 22.6 Å². The van der Waals surface area contributed by atoms with Gasteiger partial charge in [0.15, 0.2) is 0 Å². The van der Waals surface area contributed by atoms with Gasteiger partial charge < -0.3 is 9.52 Å². The molecule has 24 heavy (non-hydrogen) atoms. The molecule has 0 bridgehead atoms. The number of hydrogen-bond acceptors (Lipinski definition) is 3. The van der Waals surface area contributed by atoms with Gasteiger partial charge in [0.2, 0.25) is 0 Å². The van der Waals surface area contributed by atoms with Crippen molar-refractivity contribution in [1.29, 1.82) is 0 Å². The second-order valence-electron chi connectivity index (χ2n) is 6.69. The molecule has 1 heterocycles. The van der Waals surface area contributed by atoms with Crippen LogP contribution in [0.3, 0.4) is 0 Å². The van der Waals surface area contributed by atoms with E-state index in [1.807, 2.05) is 42.5 Å². The van der Waals surface area contributed by atoms with Crippen LogP contribution >= 0.6 is 0 Å². The molecule has 0 fully saturated rings. The molecule has 0 unspecified atom stereocenters. The molecular formula is C21H18O3. The van der Waals surface area contributed by atoms with E-state index in [9.17, 15) is 9.90 Å². The Labute approximate surface area is 139 Å². The minimum atomic E-state index is -0.421. The van der Waals surface area contributed by atoms with E-state index in [0.29, 0.717) is 22.3 Å². The van der Waals surface area contributed by atoms with Gasteiger partial charge in [0, 0.05) is 16.2 Å². The van der Waals surface area contributed by atoms with Gasteiger partial charge >= 0.3 is 5.63 Å². The zero-order valence-corrected chi connectivity index (χ0v) is 13.7. The molecular weight excluding hydrogens is 300 g/mol. The van der Waals surface area contributed by atoms with E-state index < -0.39 is 5.63 Å². The topological polar surface area (TPSA) is 50.4 Å². The molecule has 0 saturated heterocycles. The van der Waals surface area contributed by atoms with Gasteiger partial charge in [-0.15, -0.1) is 0 Å². The first-order chi connectivity index (χ1) is 11.5. The maximum absolute atomic E-state index is 12.4. The van der Waals surface area contributed by atoms with Crippen molar-refractivity contribution in [2.24, 2.45) is 5.92 Å². The summed E-state index contributed by atoms with van der Waals surface area (Å²) in [5, 5.41) is 14.2. The standard InChI is InChI=1S/C21H18O3/c1-12(2)9-13-7-8-18-16(10-13)19-17(21(23)24-18)11-14-5-3-4-6-15(14)20(19)22/h3-8,10-12,22H,9H2,1-2H3. The van der Waals surface area contributed by atoms with Crippen LogP contribution in [0.25, 0.3) is 32.5 Å². The molecule has 3 nitrogen and oxygen atoms in total. The highest BCUT2D eigenvalue weighted by Gasteiger charge is 2.15. The average molecular weight is 318 g/mol. The lowest BCUT2D eigenvalue weighted by Gasteiger charge is -2.10. The minimum absolute atomic E-state index is 0.141. The van der Waals surface area contributed by atoms with Gasteiger partial charge in [-0.2, -0.15) is 0 Å². The van der Waals surface area contributed by atoms with Crippen LogP contribution in [0.1, 0.15) is 19.4 Å². The fraction of sp³-hybridized carbons (Fsp3) is 0.190. The number of rotatable bonds is 2. The molecule has 4 aromatic rings. The van der Waals surface area contributed by atoms with Gasteiger partial charge in [-0.05, 0) is 41.5 Å². The van der Waals surface area contributed by atoms with Gasteiger partial charge in [0.25, 0.3) is 0 Å². The van der Waals surface area contributed by atoms with E-state index in [2.05, 4.69) is 13.8 Å². The predicted octanol–water partition coefficient (Wildman–Crippen LogP) is 5.00. The Morgan fingerprint density at radius 1 is 1.00 bits per heavy atom. The molecule has 0 amide bonds. The van der Waals surface area contributed by atoms with Crippen molar-refractivity contribution in [2.75, 3.05) is 0 Å². The molecule has 0 saturated carbocycles. The maximum atomic E-state index is 12.4. The lowest BCUT2D eigenvalue weighted by molar-refractivity contribution is 0.487. The molecule has 0 radical (unpaired) electrons. The second kappa shape index (κ2) is 5.38. The number of hydrogen-bond donors (Lipinski definition) is 1. The van der Waals surface area contributed by atoms with Crippen LogP contribution in [0.2, 0.25) is 0 Å². The Kier molecular flexibility index (Phi) is 3.31. The summed E-state index contributed by atoms with van der Waals surface area (Å²) in [5.74, 6) is 0.668. The van der Waals surface area contributed by atoms with E-state index in [4.69, 9.17) is 4.42 Å². The van der Waals surface area contributed by atoms with Crippen LogP contribution in [-0.2, 0) is 6.42 Å². The van der Waals surface area contributed by atoms with Gasteiger partial charge in [-0.3, -0.25) is 0 Å². The van der Waals surface area contributed by atoms with Gasteiger partial charge in [0.05, 0.1) is 5.39 Å². The molecule has 1 N–H and O–H groups in total. The Bertz CT molecular complexity index is 1140. The number of fused-ring (bicyclic) bond motifs is 4. The van der Waals surface area contributed by atoms with Crippen LogP contribution in [0, 0.1) is 5.92 Å². The maximum Gasteiger partial charge on any atom is 0.344 e. The number of phenolic OH excluding ortho intramolecular Hbond substituents is 1. The first-order valence-electron chi connectivity index (χ1n) is 8.15. The van der Waals surface area contributed by atoms with Crippen LogP contribution in [0.4, 0.5) is 0 Å². The van der Waals surface area contributed by atoms with Crippen LogP contribution in [0.5, 0.6) is 5.75 Å². The van der Waals surface area contributed by atoms with E-state index in [1.54, 1.807) is 6.07 Å². The summed E-state index contributed by atoms with van der Waals surface area (Å²) >= 11 is 0. The summed E-state index contributed by atoms with van der Waals surface area (Å²) in [5.41, 5.74) is 1.25. The normalized spacial score (nSPS) is 11.8. The van der Waals surface area contributed by atoms with Crippen LogP contribution in [0.15, 0.2) is 57.7 Å². The van der Waals surface area contributed by atoms with Crippen molar-refractivity contribution in [3.8, 4) is 5.75 Å². The van der Waals surface area contributed by atoms with Crippen LogP contribution in [-0.4, -0.2) is 5.11 Å². The molecule has 4 rings (SSSR count). The highest BCUT2D eigenvalue weighted by atomic mass is 16.4. The largest absolute Gasteiger partial charge is 0.507 e. The summed E-state index contributed by atoms with van der Waals surface area (Å²) in [6, 6.07) is 15.1. The third kappa shape index (κ3) is 2.24. The van der Waals surface area contributed by atoms with Crippen LogP contribution < -0.4 is 5.63 Å². The van der Waals surface area contributed by atoms with Crippen molar-refractivity contribution in [2.45, 2.75) is 20.3 Å². The quantitative estimate of drug-likeness (QED) is 0.321. The monoisotopic (exact) mass is 318 g/mol. The molecule has 3 aromatic carbocycles. The van der Waals surface area contributed by atoms with Gasteiger partial charge in [-0.25, -0.2) is 4.79 Å². The zero-order chi connectivity index (χ0) is 16.8. The molecule has 120 valence electrons. The summed E-state index contributed by atoms with van der Waals surface area (Å²) in [6.45, 7) is 4.33. The Balaban J connectivity index is 2.18. The zero-order valence-electron chi connectivity index (χ0n) is 13.7. The first-order valence-corrected chi connectivity index (χ1v) is 8.15. The fourth-order valence-corrected chi connectivity index (χ4v) is 3.38. The molecule has 0 atom stereocenters. The Morgan fingerprint density at radius 2 is 1.79 bits per heavy atom. The van der Waals surface area contributed by atoms with E-state index in [-0.39, 0.29) is 5.75 Å². The third-order valence-corrected chi connectivity index (χ3v) is 4.40. The van der Waals surface area contributed by atoms with Crippen molar-refractivity contribution in [1.82, 2.24) is 0 Å². The Hall–Kier alpha value is -2.81. The second-order valence-corrected chi connectivity index (χ2v) is 6.69. The summed E-state index contributed by atoms with van der Waals surface area (Å²) in [4.78, 5) is 12.4. The predicted molar refractivity (Wildman–Crippen MR) is 97.7 cm³/mol. The average Bonchev–Trinajstić information content (AvgIpc) is 2.55. The van der Waals surface area contributed by atoms with E-state index in [1.165, 1.54) is 5.56 Å². The number of benzene rings is 3. The SMILES string of the molecule is CC(C)Cc1ccc2oc(=O)c3cc4ccccc4c(O)c3c2c1. The highest BCUT2D eigenvalue weighted by Crippen LogP contribution is 2.37. The summed E-state index contributed by atoms with van der Waals surface area (Å²) in [7, 11) is 0. The number of phenols is 1. The van der Waals surface area contributed by atoms with Crippen molar-refractivity contribution in [3.05, 3.63) is 64.5 Å². The fourth-order valence-electron chi connectivity index (χ4n) is 3.38. The van der Waals surface area contributed by atoms with Crippen molar-refractivity contribution < 1.29 is 9.52 Å². The minimum Gasteiger partial charge on any atom is -0.507 e. The molecule has 0 aliphatic carbocycles. The summed E-state index contributed by atoms with van der Waals surface area (Å²) < 4.78 is 5.47. The first kappa shape index (κ1) is 14.8. The molecule has 0 spiro atoms. The highest BCUT2D eigenvalue weighted by molar-refractivity contribution is 6.15. The molecule has 0 aliphatic rings. The summed E-state index contributed by atoms with van der Waals surface area (Å²) in [6.07, 6.45) is 0.935. The van der Waals surface area contributed by atoms with E-state index >= 15 is 0 Å². The Morgan fingerprint density at radius 3 is 2.58 bits per heavy atom. The molecule has 3 heteroatoms. The van der Waals surface area contributed by atoms with Gasteiger partial charge in [0.1, 0.15) is 11.3 Å². The van der Waals surface area contributed by atoms with Crippen molar-refractivity contribution >= 4 is 32.5 Å².